The molecular weight excluding hydrogens is 364 g/mol. The van der Waals surface area contributed by atoms with E-state index in [1.54, 1.807) is 52.0 Å². The van der Waals surface area contributed by atoms with Crippen molar-refractivity contribution in [3.8, 4) is 0 Å². The van der Waals surface area contributed by atoms with Crippen LogP contribution in [-0.4, -0.2) is 11.9 Å². The summed E-state index contributed by atoms with van der Waals surface area (Å²) >= 11 is 5.89. The van der Waals surface area contributed by atoms with Crippen molar-refractivity contribution < 1.29 is 19.1 Å². The average molecular weight is 389 g/mol. The summed E-state index contributed by atoms with van der Waals surface area (Å²) in [4.78, 5) is 24.5. The number of hydrogen-bond acceptors (Lipinski definition) is 4. The summed E-state index contributed by atoms with van der Waals surface area (Å²) in [5.74, 6) is -1.27. The Bertz CT molecular complexity index is 736. The molecule has 0 aromatic heterocycles. The highest BCUT2D eigenvalue weighted by Crippen LogP contribution is 2.28. The van der Waals surface area contributed by atoms with Crippen LogP contribution in [-0.2, 0) is 30.3 Å². The normalized spacial score (nSPS) is 11.8. The molecule has 0 N–H and O–H groups in total. The molecule has 144 valence electrons. The first kappa shape index (κ1) is 21.0. The predicted octanol–water partition coefficient (Wildman–Crippen LogP) is 5.30. The maximum absolute atomic E-state index is 12.2. The summed E-state index contributed by atoms with van der Waals surface area (Å²) in [6.07, 6.45) is -0.452. The van der Waals surface area contributed by atoms with E-state index in [4.69, 9.17) is 21.1 Å². The van der Waals surface area contributed by atoms with E-state index in [0.29, 0.717) is 5.02 Å². The van der Waals surface area contributed by atoms with Gasteiger partial charge >= 0.3 is 11.9 Å². The number of carbonyl (C=O) groups is 2. The molecule has 2 rings (SSSR count). The molecule has 0 atom stereocenters. The van der Waals surface area contributed by atoms with Crippen molar-refractivity contribution in [3.63, 3.8) is 0 Å². The fourth-order valence-electron chi connectivity index (χ4n) is 2.68. The van der Waals surface area contributed by atoms with Crippen molar-refractivity contribution in [2.75, 3.05) is 0 Å². The second-order valence-electron chi connectivity index (χ2n) is 7.52. The second kappa shape index (κ2) is 8.13. The van der Waals surface area contributed by atoms with Gasteiger partial charge in [0.05, 0.1) is 0 Å². The topological polar surface area (TPSA) is 52.6 Å². The molecule has 0 heterocycles. The molecule has 0 saturated carbocycles. The Morgan fingerprint density at radius 2 is 1.15 bits per heavy atom. The highest BCUT2D eigenvalue weighted by molar-refractivity contribution is 6.30. The molecule has 0 unspecified atom stereocenters. The molecule has 0 fully saturated rings. The minimum Gasteiger partial charge on any atom is -0.454 e. The minimum atomic E-state index is -0.881. The average Bonchev–Trinajstić information content (AvgIpc) is 2.54. The lowest BCUT2D eigenvalue weighted by Crippen LogP contribution is -2.30. The van der Waals surface area contributed by atoms with Gasteiger partial charge < -0.3 is 9.47 Å². The van der Waals surface area contributed by atoms with Gasteiger partial charge in [0.15, 0.2) is 0 Å². The van der Waals surface area contributed by atoms with Gasteiger partial charge in [-0.25, -0.2) is 0 Å². The summed E-state index contributed by atoms with van der Waals surface area (Å²) in [5, 5.41) is 0.600. The van der Waals surface area contributed by atoms with Crippen LogP contribution in [0.3, 0.4) is 0 Å². The van der Waals surface area contributed by atoms with E-state index in [-0.39, 0.29) is 0 Å². The lowest BCUT2D eigenvalue weighted by Gasteiger charge is -2.27. The molecule has 0 spiro atoms. The van der Waals surface area contributed by atoms with E-state index >= 15 is 0 Å². The van der Waals surface area contributed by atoms with Gasteiger partial charge in [-0.15, -0.1) is 0 Å². The van der Waals surface area contributed by atoms with Crippen molar-refractivity contribution in [1.29, 1.82) is 0 Å². The molecule has 0 aliphatic carbocycles. The number of aryl methyl sites for hydroxylation is 1. The number of halogens is 1. The second-order valence-corrected chi connectivity index (χ2v) is 7.95. The highest BCUT2D eigenvalue weighted by atomic mass is 35.5. The first-order valence-electron chi connectivity index (χ1n) is 8.76. The molecule has 0 aliphatic rings. The van der Waals surface area contributed by atoms with Gasteiger partial charge in [-0.05, 0) is 57.9 Å². The van der Waals surface area contributed by atoms with Crippen LogP contribution < -0.4 is 0 Å². The Hall–Kier alpha value is -2.33. The van der Waals surface area contributed by atoms with Crippen molar-refractivity contribution >= 4 is 23.5 Å². The van der Waals surface area contributed by atoms with Gasteiger partial charge in [0.2, 0.25) is 0 Å². The van der Waals surface area contributed by atoms with Crippen LogP contribution >= 0.6 is 11.6 Å². The summed E-state index contributed by atoms with van der Waals surface area (Å²) < 4.78 is 11.0. The summed E-state index contributed by atoms with van der Waals surface area (Å²) in [6.45, 7) is 9.09. The highest BCUT2D eigenvalue weighted by Gasteiger charge is 2.30. The van der Waals surface area contributed by atoms with Crippen LogP contribution in [0, 0.1) is 6.92 Å². The summed E-state index contributed by atoms with van der Waals surface area (Å²) in [6, 6.07) is 14.7. The van der Waals surface area contributed by atoms with Crippen LogP contribution in [0.15, 0.2) is 48.5 Å². The van der Waals surface area contributed by atoms with Crippen molar-refractivity contribution in [1.82, 2.24) is 0 Å². The van der Waals surface area contributed by atoms with Gasteiger partial charge in [-0.1, -0.05) is 53.6 Å². The first-order valence-corrected chi connectivity index (χ1v) is 9.14. The van der Waals surface area contributed by atoms with Gasteiger partial charge in [0, 0.05) is 5.02 Å². The van der Waals surface area contributed by atoms with Gasteiger partial charge in [-0.2, -0.15) is 0 Å². The van der Waals surface area contributed by atoms with Gasteiger partial charge in [0.1, 0.15) is 17.6 Å². The van der Waals surface area contributed by atoms with E-state index in [1.807, 2.05) is 31.2 Å². The van der Waals surface area contributed by atoms with E-state index in [9.17, 15) is 9.59 Å². The lowest BCUT2D eigenvalue weighted by molar-refractivity contribution is -0.169. The summed E-state index contributed by atoms with van der Waals surface area (Å²) in [7, 11) is 0. The van der Waals surface area contributed by atoms with E-state index in [0.717, 1.165) is 16.7 Å². The van der Waals surface area contributed by atoms with Crippen LogP contribution in [0.25, 0.3) is 0 Å². The maximum atomic E-state index is 12.2. The molecule has 0 amide bonds. The Kier molecular flexibility index (Phi) is 6.32. The number of hydrogen-bond donors (Lipinski definition) is 0. The zero-order chi connectivity index (χ0) is 20.2. The van der Waals surface area contributed by atoms with Crippen molar-refractivity contribution in [2.45, 2.75) is 52.2 Å². The van der Waals surface area contributed by atoms with Crippen LogP contribution in [0.4, 0.5) is 0 Å². The van der Waals surface area contributed by atoms with Gasteiger partial charge in [0.25, 0.3) is 0 Å². The number of rotatable bonds is 6. The van der Waals surface area contributed by atoms with E-state index < -0.39 is 29.6 Å². The first-order chi connectivity index (χ1) is 12.5. The fourth-order valence-corrected chi connectivity index (χ4v) is 2.81. The molecule has 4 nitrogen and oxygen atoms in total. The van der Waals surface area contributed by atoms with Crippen LogP contribution in [0.5, 0.6) is 0 Å². The van der Waals surface area contributed by atoms with Crippen LogP contribution in [0.1, 0.15) is 50.8 Å². The van der Waals surface area contributed by atoms with E-state index in [1.165, 1.54) is 0 Å². The largest absolute Gasteiger partial charge is 0.454 e. The van der Waals surface area contributed by atoms with Gasteiger partial charge in [-0.3, -0.25) is 9.59 Å². The fraction of sp³-hybridized carbons (Fsp3) is 0.364. The SMILES string of the molecule is Cc1ccc(C(C)(C)OC(=O)CC(=O)OC(C)(C)c2ccc(Cl)cc2)cc1. The molecule has 5 heteroatoms. The van der Waals surface area contributed by atoms with Crippen LogP contribution in [0.2, 0.25) is 5.02 Å². The molecule has 0 saturated heterocycles. The predicted molar refractivity (Wildman–Crippen MR) is 105 cm³/mol. The molecule has 0 aliphatic heterocycles. The number of carbonyl (C=O) groups excluding carboxylic acids is 2. The molecular formula is C22H25ClO4. The quantitative estimate of drug-likeness (QED) is 0.498. The van der Waals surface area contributed by atoms with Crippen molar-refractivity contribution in [3.05, 3.63) is 70.2 Å². The molecule has 0 bridgehead atoms. The Labute approximate surface area is 165 Å². The zero-order valence-electron chi connectivity index (χ0n) is 16.3. The minimum absolute atomic E-state index is 0.452. The third-order valence-electron chi connectivity index (χ3n) is 4.31. The Morgan fingerprint density at radius 3 is 1.56 bits per heavy atom. The third kappa shape index (κ3) is 5.83. The Balaban J connectivity index is 1.97. The number of ether oxygens (including phenoxy) is 2. The maximum Gasteiger partial charge on any atom is 0.318 e. The smallest absolute Gasteiger partial charge is 0.318 e. The summed E-state index contributed by atoms with van der Waals surface area (Å²) in [5.41, 5.74) is 1.05. The molecule has 27 heavy (non-hydrogen) atoms. The zero-order valence-corrected chi connectivity index (χ0v) is 17.1. The molecule has 2 aromatic rings. The standard InChI is InChI=1S/C22H25ClO4/c1-15-6-8-16(9-7-15)21(2,3)26-19(24)14-20(25)27-22(4,5)17-10-12-18(23)13-11-17/h6-13H,14H2,1-5H3. The number of esters is 2. The number of benzene rings is 2. The van der Waals surface area contributed by atoms with E-state index in [2.05, 4.69) is 0 Å². The molecule has 2 aromatic carbocycles. The third-order valence-corrected chi connectivity index (χ3v) is 4.56. The van der Waals surface area contributed by atoms with Crippen molar-refractivity contribution in [2.24, 2.45) is 0 Å². The monoisotopic (exact) mass is 388 g/mol. The molecule has 0 radical (unpaired) electrons. The lowest BCUT2D eigenvalue weighted by atomic mass is 9.97. The Morgan fingerprint density at radius 1 is 0.778 bits per heavy atom.